The van der Waals surface area contributed by atoms with Gasteiger partial charge in [0.25, 0.3) is 0 Å². The number of benzene rings is 2. The van der Waals surface area contributed by atoms with Crippen molar-refractivity contribution in [1.29, 1.82) is 0 Å². The van der Waals surface area contributed by atoms with Crippen LogP contribution in [0.3, 0.4) is 0 Å². The molecule has 1 saturated heterocycles. The number of piperazine rings is 1. The maximum absolute atomic E-state index is 13.2. The number of ether oxygens (including phenoxy) is 1. The van der Waals surface area contributed by atoms with Crippen LogP contribution in [0, 0.1) is 0 Å². The van der Waals surface area contributed by atoms with E-state index in [2.05, 4.69) is 5.32 Å². The molecule has 0 aromatic heterocycles. The van der Waals surface area contributed by atoms with Crippen molar-refractivity contribution in [3.63, 3.8) is 0 Å². The smallest absolute Gasteiger partial charge is 0.417 e. The minimum absolute atomic E-state index is 0.00958. The number of anilines is 1. The number of nitrogens with one attached hydrogen (secondary N) is 1. The predicted octanol–water partition coefficient (Wildman–Crippen LogP) is 2.66. The van der Waals surface area contributed by atoms with Gasteiger partial charge in [0.1, 0.15) is 5.75 Å². The van der Waals surface area contributed by atoms with Crippen molar-refractivity contribution in [2.24, 2.45) is 0 Å². The quantitative estimate of drug-likeness (QED) is 0.722. The molecule has 2 aromatic rings. The summed E-state index contributed by atoms with van der Waals surface area (Å²) in [5.41, 5.74) is -0.591. The monoisotopic (exact) mass is 457 g/mol. The number of amides is 1. The molecule has 168 valence electrons. The van der Waals surface area contributed by atoms with Gasteiger partial charge in [0, 0.05) is 31.9 Å². The van der Waals surface area contributed by atoms with Crippen LogP contribution in [0.1, 0.15) is 5.56 Å². The summed E-state index contributed by atoms with van der Waals surface area (Å²) in [5.74, 6) is 0.381. The number of rotatable bonds is 6. The topological polar surface area (TPSA) is 79.0 Å². The molecule has 1 heterocycles. The summed E-state index contributed by atoms with van der Waals surface area (Å²) < 4.78 is 71.4. The average molecular weight is 457 g/mol. The number of carbonyl (C=O) groups excluding carboxylic acids is 1. The van der Waals surface area contributed by atoms with Crippen molar-refractivity contribution in [3.05, 3.63) is 54.1 Å². The number of alkyl halides is 3. The molecule has 0 aliphatic carbocycles. The summed E-state index contributed by atoms with van der Waals surface area (Å²) in [6.45, 7) is 0.473. The Morgan fingerprint density at radius 2 is 1.65 bits per heavy atom. The van der Waals surface area contributed by atoms with E-state index in [-0.39, 0.29) is 38.6 Å². The minimum atomic E-state index is -4.77. The Hall–Kier alpha value is -2.63. The van der Waals surface area contributed by atoms with Crippen LogP contribution in [0.5, 0.6) is 5.75 Å². The molecule has 0 saturated carbocycles. The average Bonchev–Trinajstić information content (AvgIpc) is 2.74. The van der Waals surface area contributed by atoms with Gasteiger partial charge in [-0.15, -0.1) is 0 Å². The fourth-order valence-corrected chi connectivity index (χ4v) is 4.91. The first-order valence-corrected chi connectivity index (χ1v) is 10.9. The van der Waals surface area contributed by atoms with E-state index >= 15 is 0 Å². The Bertz CT molecular complexity index is 1020. The highest BCUT2D eigenvalue weighted by Gasteiger charge is 2.39. The third-order valence-electron chi connectivity index (χ3n) is 4.88. The maximum Gasteiger partial charge on any atom is 0.417 e. The number of nitrogens with zero attached hydrogens (tertiary/aromatic N) is 2. The summed E-state index contributed by atoms with van der Waals surface area (Å²) in [6.07, 6.45) is -4.77. The van der Waals surface area contributed by atoms with Crippen LogP contribution < -0.4 is 10.1 Å². The second-order valence-corrected chi connectivity index (χ2v) is 8.86. The molecule has 1 aliphatic rings. The van der Waals surface area contributed by atoms with Gasteiger partial charge in [0.05, 0.1) is 24.1 Å². The molecule has 2 aromatic carbocycles. The van der Waals surface area contributed by atoms with Crippen molar-refractivity contribution in [2.45, 2.75) is 11.1 Å². The molecular weight excluding hydrogens is 435 g/mol. The molecule has 1 amide bonds. The molecule has 0 unspecified atom stereocenters. The largest absolute Gasteiger partial charge is 0.497 e. The highest BCUT2D eigenvalue weighted by molar-refractivity contribution is 7.89. The zero-order valence-electron chi connectivity index (χ0n) is 16.7. The molecule has 11 heteroatoms. The lowest BCUT2D eigenvalue weighted by molar-refractivity contribution is -0.140. The van der Waals surface area contributed by atoms with Gasteiger partial charge < -0.3 is 10.1 Å². The first kappa shape index (κ1) is 23.0. The highest BCUT2D eigenvalue weighted by atomic mass is 32.2. The van der Waals surface area contributed by atoms with E-state index in [4.69, 9.17) is 4.74 Å². The molecule has 1 aliphatic heterocycles. The third kappa shape index (κ3) is 5.54. The highest BCUT2D eigenvalue weighted by Crippen LogP contribution is 2.35. The van der Waals surface area contributed by atoms with E-state index in [0.717, 1.165) is 22.5 Å². The van der Waals surface area contributed by atoms with E-state index in [1.165, 1.54) is 13.2 Å². The number of sulfonamides is 1. The molecule has 0 bridgehead atoms. The van der Waals surface area contributed by atoms with Gasteiger partial charge in [0.15, 0.2) is 0 Å². The van der Waals surface area contributed by atoms with Crippen LogP contribution in [0.15, 0.2) is 53.4 Å². The van der Waals surface area contributed by atoms with E-state index in [1.807, 2.05) is 0 Å². The van der Waals surface area contributed by atoms with Gasteiger partial charge in [0.2, 0.25) is 15.9 Å². The van der Waals surface area contributed by atoms with E-state index in [1.54, 1.807) is 29.2 Å². The van der Waals surface area contributed by atoms with Gasteiger partial charge in [-0.1, -0.05) is 12.1 Å². The fourth-order valence-electron chi connectivity index (χ4n) is 3.27. The van der Waals surface area contributed by atoms with Crippen molar-refractivity contribution in [3.8, 4) is 5.75 Å². The number of methoxy groups -OCH3 is 1. The van der Waals surface area contributed by atoms with Crippen LogP contribution in [-0.2, 0) is 21.0 Å². The summed E-state index contributed by atoms with van der Waals surface area (Å²) >= 11 is 0. The minimum Gasteiger partial charge on any atom is -0.497 e. The Kier molecular flexibility index (Phi) is 6.87. The van der Waals surface area contributed by atoms with Crippen LogP contribution in [0.2, 0.25) is 0 Å². The Labute approximate surface area is 178 Å². The van der Waals surface area contributed by atoms with Gasteiger partial charge in [-0.2, -0.15) is 17.5 Å². The normalized spacial score (nSPS) is 16.1. The summed E-state index contributed by atoms with van der Waals surface area (Å²) in [7, 11) is -2.77. The predicted molar refractivity (Wildman–Crippen MR) is 108 cm³/mol. The molecular formula is C20H22F3N3O4S. The van der Waals surface area contributed by atoms with Crippen LogP contribution in [0.4, 0.5) is 18.9 Å². The molecule has 0 atom stereocenters. The second-order valence-electron chi connectivity index (χ2n) is 6.95. The van der Waals surface area contributed by atoms with E-state index in [0.29, 0.717) is 11.4 Å². The van der Waals surface area contributed by atoms with Crippen LogP contribution in [-0.4, -0.2) is 63.4 Å². The summed E-state index contributed by atoms with van der Waals surface area (Å²) in [5, 5.41) is 2.74. The third-order valence-corrected chi connectivity index (χ3v) is 6.84. The lowest BCUT2D eigenvalue weighted by Crippen LogP contribution is -2.50. The molecule has 1 N–H and O–H groups in total. The molecule has 31 heavy (non-hydrogen) atoms. The molecule has 1 fully saturated rings. The number of halogens is 3. The lowest BCUT2D eigenvalue weighted by Gasteiger charge is -2.34. The van der Waals surface area contributed by atoms with Crippen molar-refractivity contribution in [1.82, 2.24) is 9.21 Å². The molecule has 0 spiro atoms. The standard InChI is InChI=1S/C20H22F3N3O4S/c1-30-16-8-6-15(7-9-16)24-19(27)14-25-10-12-26(13-11-25)31(28,29)18-5-3-2-4-17(18)20(21,22)23/h2-9H,10-14H2,1H3,(H,24,27). The number of hydrogen-bond acceptors (Lipinski definition) is 5. The lowest BCUT2D eigenvalue weighted by atomic mass is 10.2. The first-order valence-electron chi connectivity index (χ1n) is 9.44. The Morgan fingerprint density at radius 1 is 1.03 bits per heavy atom. The van der Waals surface area contributed by atoms with Crippen molar-refractivity contribution >= 4 is 21.6 Å². The summed E-state index contributed by atoms with van der Waals surface area (Å²) in [4.78, 5) is 13.2. The molecule has 3 rings (SSSR count). The van der Waals surface area contributed by atoms with Crippen LogP contribution in [0.25, 0.3) is 0 Å². The maximum atomic E-state index is 13.2. The van der Waals surface area contributed by atoms with Gasteiger partial charge in [-0.3, -0.25) is 9.69 Å². The zero-order chi connectivity index (χ0) is 22.6. The van der Waals surface area contributed by atoms with Crippen LogP contribution >= 0.6 is 0 Å². The van der Waals surface area contributed by atoms with Crippen molar-refractivity contribution < 1.29 is 31.1 Å². The fraction of sp³-hybridized carbons (Fsp3) is 0.350. The van der Waals surface area contributed by atoms with Crippen molar-refractivity contribution in [2.75, 3.05) is 45.2 Å². The van der Waals surface area contributed by atoms with E-state index < -0.39 is 26.7 Å². The Morgan fingerprint density at radius 3 is 2.23 bits per heavy atom. The van der Waals surface area contributed by atoms with Gasteiger partial charge in [-0.05, 0) is 36.4 Å². The molecule has 7 nitrogen and oxygen atoms in total. The number of hydrogen-bond donors (Lipinski definition) is 1. The van der Waals surface area contributed by atoms with E-state index in [9.17, 15) is 26.4 Å². The Balaban J connectivity index is 1.59. The first-order chi connectivity index (χ1) is 14.6. The van der Waals surface area contributed by atoms with Gasteiger partial charge >= 0.3 is 6.18 Å². The molecule has 0 radical (unpaired) electrons. The van der Waals surface area contributed by atoms with Gasteiger partial charge in [-0.25, -0.2) is 8.42 Å². The zero-order valence-corrected chi connectivity index (χ0v) is 17.5. The second kappa shape index (κ2) is 9.25. The SMILES string of the molecule is COc1ccc(NC(=O)CN2CCN(S(=O)(=O)c3ccccc3C(F)(F)F)CC2)cc1. The summed E-state index contributed by atoms with van der Waals surface area (Å²) in [6, 6.07) is 10.9. The number of carbonyl (C=O) groups is 1.